The molecule has 2 aromatic carbocycles. The van der Waals surface area contributed by atoms with Crippen molar-refractivity contribution in [2.45, 2.75) is 20.8 Å². The fourth-order valence-corrected chi connectivity index (χ4v) is 3.67. The molecule has 150 valence electrons. The zero-order chi connectivity index (χ0) is 21.6. The molecule has 2 heterocycles. The summed E-state index contributed by atoms with van der Waals surface area (Å²) in [4.78, 5) is 51.1. The van der Waals surface area contributed by atoms with Crippen molar-refractivity contribution in [3.63, 3.8) is 0 Å². The summed E-state index contributed by atoms with van der Waals surface area (Å²) >= 11 is 0. The molecule has 0 atom stereocenters. The highest BCUT2D eigenvalue weighted by molar-refractivity contribution is 6.39. The van der Waals surface area contributed by atoms with Crippen LogP contribution in [0.3, 0.4) is 0 Å². The second-order valence-electron chi connectivity index (χ2n) is 7.24. The first-order valence-corrected chi connectivity index (χ1v) is 9.37. The average Bonchev–Trinajstić information content (AvgIpc) is 3.05. The van der Waals surface area contributed by atoms with Gasteiger partial charge in [0.05, 0.1) is 11.2 Å². The van der Waals surface area contributed by atoms with Crippen molar-refractivity contribution in [1.29, 1.82) is 0 Å². The van der Waals surface area contributed by atoms with Gasteiger partial charge in [0, 0.05) is 24.1 Å². The number of nitrogens with one attached hydrogen (secondary N) is 1. The van der Waals surface area contributed by atoms with Crippen LogP contribution in [-0.4, -0.2) is 28.3 Å². The number of aryl methyl sites for hydroxylation is 2. The minimum Gasteiger partial charge on any atom is -0.287 e. The van der Waals surface area contributed by atoms with Gasteiger partial charge in [-0.15, -0.1) is 0 Å². The van der Waals surface area contributed by atoms with Crippen LogP contribution in [-0.2, 0) is 9.59 Å². The van der Waals surface area contributed by atoms with E-state index in [0.29, 0.717) is 16.8 Å². The Kier molecular flexibility index (Phi) is 4.58. The molecular formula is C23H19N3O4. The summed E-state index contributed by atoms with van der Waals surface area (Å²) in [5.74, 6) is -1.68. The van der Waals surface area contributed by atoms with Crippen LogP contribution in [0.25, 0.3) is 17.0 Å². The van der Waals surface area contributed by atoms with E-state index >= 15 is 0 Å². The maximum Gasteiger partial charge on any atom is 0.335 e. The molecule has 30 heavy (non-hydrogen) atoms. The number of barbiturate groups is 1. The van der Waals surface area contributed by atoms with Gasteiger partial charge in [-0.3, -0.25) is 24.3 Å². The van der Waals surface area contributed by atoms with Gasteiger partial charge in [0.15, 0.2) is 0 Å². The molecule has 3 aromatic rings. The Morgan fingerprint density at radius 2 is 1.77 bits per heavy atom. The Hall–Kier alpha value is -4.00. The van der Waals surface area contributed by atoms with E-state index in [1.807, 2.05) is 19.1 Å². The van der Waals surface area contributed by atoms with Gasteiger partial charge in [-0.25, -0.2) is 9.69 Å². The van der Waals surface area contributed by atoms with Crippen LogP contribution in [0, 0.1) is 13.8 Å². The van der Waals surface area contributed by atoms with E-state index in [1.54, 1.807) is 43.5 Å². The minimum absolute atomic E-state index is 0.180. The summed E-state index contributed by atoms with van der Waals surface area (Å²) in [5.41, 5.74) is 3.16. The summed E-state index contributed by atoms with van der Waals surface area (Å²) in [7, 11) is 0. The van der Waals surface area contributed by atoms with Crippen LogP contribution in [0.4, 0.5) is 10.5 Å². The monoisotopic (exact) mass is 401 g/mol. The molecule has 4 rings (SSSR count). The highest BCUT2D eigenvalue weighted by Gasteiger charge is 2.37. The Labute approximate surface area is 172 Å². The summed E-state index contributed by atoms with van der Waals surface area (Å²) in [6.45, 7) is 5.14. The van der Waals surface area contributed by atoms with Crippen molar-refractivity contribution < 1.29 is 19.2 Å². The van der Waals surface area contributed by atoms with Gasteiger partial charge in [0.1, 0.15) is 5.57 Å². The lowest BCUT2D eigenvalue weighted by atomic mass is 10.0. The Bertz CT molecular complexity index is 1280. The predicted molar refractivity (Wildman–Crippen MR) is 113 cm³/mol. The number of imide groups is 2. The third kappa shape index (κ3) is 3.10. The number of aromatic nitrogens is 1. The average molecular weight is 401 g/mol. The number of anilines is 1. The van der Waals surface area contributed by atoms with Crippen molar-refractivity contribution in [1.82, 2.24) is 9.88 Å². The topological polar surface area (TPSA) is 88.5 Å². The molecular weight excluding hydrogens is 382 g/mol. The molecule has 0 spiro atoms. The van der Waals surface area contributed by atoms with Crippen LogP contribution in [0.15, 0.2) is 54.2 Å². The van der Waals surface area contributed by atoms with E-state index in [9.17, 15) is 19.2 Å². The number of para-hydroxylation sites is 1. The third-order valence-corrected chi connectivity index (χ3v) is 5.08. The molecule has 7 nitrogen and oxygen atoms in total. The molecule has 0 aliphatic carbocycles. The first-order chi connectivity index (χ1) is 14.3. The smallest absolute Gasteiger partial charge is 0.287 e. The Morgan fingerprint density at radius 1 is 1.03 bits per heavy atom. The van der Waals surface area contributed by atoms with Gasteiger partial charge in [-0.05, 0) is 37.6 Å². The van der Waals surface area contributed by atoms with E-state index in [0.717, 1.165) is 21.4 Å². The number of urea groups is 1. The SMILES string of the molecule is CC(=O)n1cc(C=C2C(=O)NC(=O)N(c3ccc(C)cc3C)C2=O)c2ccccc21. The van der Waals surface area contributed by atoms with Crippen LogP contribution in [0.5, 0.6) is 0 Å². The number of carbonyl (C=O) groups excluding carboxylic acids is 4. The van der Waals surface area contributed by atoms with Crippen LogP contribution in [0.2, 0.25) is 0 Å². The molecule has 1 N–H and O–H groups in total. The molecule has 0 radical (unpaired) electrons. The van der Waals surface area contributed by atoms with Crippen LogP contribution in [0.1, 0.15) is 28.4 Å². The first kappa shape index (κ1) is 19.3. The van der Waals surface area contributed by atoms with Crippen LogP contribution < -0.4 is 10.2 Å². The van der Waals surface area contributed by atoms with Gasteiger partial charge in [0.2, 0.25) is 5.91 Å². The zero-order valence-electron chi connectivity index (χ0n) is 16.7. The summed E-state index contributed by atoms with van der Waals surface area (Å²) in [5, 5.41) is 2.95. The summed E-state index contributed by atoms with van der Waals surface area (Å²) in [6.07, 6.45) is 3.00. The molecule has 1 aliphatic heterocycles. The number of fused-ring (bicyclic) bond motifs is 1. The lowest BCUT2D eigenvalue weighted by Gasteiger charge is -2.27. The zero-order valence-corrected chi connectivity index (χ0v) is 16.7. The number of carbonyl (C=O) groups is 4. The second kappa shape index (κ2) is 7.11. The van der Waals surface area contributed by atoms with E-state index in [-0.39, 0.29) is 11.5 Å². The standard InChI is InChI=1S/C23H19N3O4/c1-13-8-9-19(14(2)10-13)26-22(29)18(21(28)24-23(26)30)11-16-12-25(15(3)27)20-7-5-4-6-17(16)20/h4-12H,1-3H3,(H,24,28,30). The number of hydrogen-bond acceptors (Lipinski definition) is 4. The van der Waals surface area contributed by atoms with Crippen molar-refractivity contribution in [2.75, 3.05) is 4.90 Å². The lowest BCUT2D eigenvalue weighted by Crippen LogP contribution is -2.54. The van der Waals surface area contributed by atoms with E-state index in [2.05, 4.69) is 5.32 Å². The first-order valence-electron chi connectivity index (χ1n) is 9.37. The van der Waals surface area contributed by atoms with Crippen molar-refractivity contribution in [3.8, 4) is 0 Å². The highest BCUT2D eigenvalue weighted by Crippen LogP contribution is 2.28. The molecule has 7 heteroatoms. The van der Waals surface area contributed by atoms with Gasteiger partial charge in [-0.1, -0.05) is 35.9 Å². The summed E-state index contributed by atoms with van der Waals surface area (Å²) < 4.78 is 1.46. The molecule has 1 fully saturated rings. The van der Waals surface area contributed by atoms with E-state index < -0.39 is 17.8 Å². The molecule has 1 saturated heterocycles. The number of nitrogens with zero attached hydrogens (tertiary/aromatic N) is 2. The van der Waals surface area contributed by atoms with Gasteiger partial charge in [-0.2, -0.15) is 0 Å². The number of amides is 4. The Morgan fingerprint density at radius 3 is 2.47 bits per heavy atom. The fourth-order valence-electron chi connectivity index (χ4n) is 3.67. The molecule has 0 unspecified atom stereocenters. The van der Waals surface area contributed by atoms with Crippen molar-refractivity contribution in [3.05, 3.63) is 70.9 Å². The summed E-state index contributed by atoms with van der Waals surface area (Å²) in [6, 6.07) is 11.7. The molecule has 0 saturated carbocycles. The predicted octanol–water partition coefficient (Wildman–Crippen LogP) is 3.58. The molecule has 1 aromatic heterocycles. The van der Waals surface area contributed by atoms with Crippen LogP contribution >= 0.6 is 0 Å². The minimum atomic E-state index is -0.791. The van der Waals surface area contributed by atoms with Crippen molar-refractivity contribution >= 4 is 46.4 Å². The van der Waals surface area contributed by atoms with Gasteiger partial charge >= 0.3 is 6.03 Å². The molecule has 4 amide bonds. The Balaban J connectivity index is 1.84. The highest BCUT2D eigenvalue weighted by atomic mass is 16.2. The molecule has 1 aliphatic rings. The maximum absolute atomic E-state index is 13.2. The molecule has 0 bridgehead atoms. The van der Waals surface area contributed by atoms with E-state index in [1.165, 1.54) is 17.6 Å². The quantitative estimate of drug-likeness (QED) is 0.525. The third-order valence-electron chi connectivity index (χ3n) is 5.08. The van der Waals surface area contributed by atoms with Crippen molar-refractivity contribution in [2.24, 2.45) is 0 Å². The van der Waals surface area contributed by atoms with E-state index in [4.69, 9.17) is 0 Å². The second-order valence-corrected chi connectivity index (χ2v) is 7.24. The number of hydrogen-bond donors (Lipinski definition) is 1. The largest absolute Gasteiger partial charge is 0.335 e. The van der Waals surface area contributed by atoms with Gasteiger partial charge in [0.25, 0.3) is 11.8 Å². The fraction of sp³-hybridized carbons (Fsp3) is 0.130. The lowest BCUT2D eigenvalue weighted by molar-refractivity contribution is -0.122. The normalized spacial score (nSPS) is 15.8. The van der Waals surface area contributed by atoms with Gasteiger partial charge < -0.3 is 0 Å². The number of benzene rings is 2. The number of rotatable bonds is 2. The maximum atomic E-state index is 13.2.